The Morgan fingerprint density at radius 2 is 2.00 bits per heavy atom. The van der Waals surface area contributed by atoms with E-state index in [0.717, 1.165) is 60.4 Å². The predicted molar refractivity (Wildman–Crippen MR) is 148 cm³/mol. The Kier molecular flexibility index (Phi) is 7.62. The molecule has 1 N–H and O–H groups in total. The van der Waals surface area contributed by atoms with Crippen LogP contribution in [0.2, 0.25) is 0 Å². The Hall–Kier alpha value is -2.78. The molecule has 2 aromatic heterocycles. The molecule has 5 rings (SSSR count). The van der Waals surface area contributed by atoms with Crippen LogP contribution < -0.4 is 5.32 Å². The minimum absolute atomic E-state index is 0.106. The summed E-state index contributed by atoms with van der Waals surface area (Å²) in [5.74, 6) is -0.540. The topological polar surface area (TPSA) is 82.1 Å². The van der Waals surface area contributed by atoms with Gasteiger partial charge in [-0.15, -0.1) is 22.7 Å². The van der Waals surface area contributed by atoms with Crippen LogP contribution in [0.5, 0.6) is 0 Å². The Bertz CT molecular complexity index is 1200. The van der Waals surface area contributed by atoms with Crippen LogP contribution in [-0.4, -0.2) is 45.5 Å². The van der Waals surface area contributed by atoms with E-state index in [1.165, 1.54) is 10.5 Å². The smallest absolute Gasteiger partial charge is 0.323 e. The summed E-state index contributed by atoms with van der Waals surface area (Å²) in [4.78, 5) is 43.1. The molecule has 196 valence electrons. The van der Waals surface area contributed by atoms with Gasteiger partial charge in [0.25, 0.3) is 11.8 Å². The van der Waals surface area contributed by atoms with Gasteiger partial charge in [0.1, 0.15) is 12.1 Å². The van der Waals surface area contributed by atoms with Crippen LogP contribution in [0.15, 0.2) is 45.7 Å². The normalized spacial score (nSPS) is 26.5. The number of hydrazone groups is 1. The van der Waals surface area contributed by atoms with E-state index >= 15 is 0 Å². The maximum Gasteiger partial charge on any atom is 0.325 e. The lowest BCUT2D eigenvalue weighted by Gasteiger charge is -2.29. The number of urea groups is 1. The molecule has 1 saturated heterocycles. The molecule has 2 aromatic rings. The van der Waals surface area contributed by atoms with Gasteiger partial charge in [-0.1, -0.05) is 44.7 Å². The number of nitrogens with zero attached hydrogens (tertiary/aromatic N) is 3. The van der Waals surface area contributed by atoms with Crippen LogP contribution in [0, 0.1) is 5.92 Å². The van der Waals surface area contributed by atoms with Gasteiger partial charge in [0.05, 0.1) is 11.8 Å². The zero-order valence-electron chi connectivity index (χ0n) is 21.4. The van der Waals surface area contributed by atoms with Crippen molar-refractivity contribution < 1.29 is 14.4 Å². The molecule has 9 heteroatoms. The van der Waals surface area contributed by atoms with Crippen molar-refractivity contribution in [1.29, 1.82) is 0 Å². The second-order valence-electron chi connectivity index (χ2n) is 10.3. The highest BCUT2D eigenvalue weighted by molar-refractivity contribution is 7.11. The number of fused-ring (bicyclic) bond motifs is 1. The van der Waals surface area contributed by atoms with Gasteiger partial charge < -0.3 is 5.32 Å². The lowest BCUT2D eigenvalue weighted by atomic mass is 9.79. The van der Waals surface area contributed by atoms with Gasteiger partial charge in [-0.05, 0) is 67.1 Å². The molecule has 7 nitrogen and oxygen atoms in total. The van der Waals surface area contributed by atoms with Gasteiger partial charge in [0.2, 0.25) is 0 Å². The second-order valence-corrected chi connectivity index (χ2v) is 12.3. The van der Waals surface area contributed by atoms with Crippen LogP contribution in [0.4, 0.5) is 4.79 Å². The molecule has 2 fully saturated rings. The maximum atomic E-state index is 13.7. The number of amides is 4. The van der Waals surface area contributed by atoms with Gasteiger partial charge in [0.15, 0.2) is 0 Å². The van der Waals surface area contributed by atoms with E-state index in [2.05, 4.69) is 29.8 Å². The molecule has 3 aliphatic rings. The number of carbonyl (C=O) groups excluding carboxylic acids is 3. The van der Waals surface area contributed by atoms with Crippen molar-refractivity contribution >= 4 is 52.3 Å². The molecule has 4 heterocycles. The molecule has 1 saturated carbocycles. The number of nitrogens with one attached hydrogen (secondary N) is 1. The summed E-state index contributed by atoms with van der Waals surface area (Å²) in [6, 6.07) is 7.46. The fraction of sp³-hybridized carbons (Fsp3) is 0.500. The van der Waals surface area contributed by atoms with Gasteiger partial charge >= 0.3 is 6.03 Å². The van der Waals surface area contributed by atoms with E-state index in [1.807, 2.05) is 23.6 Å². The Balaban J connectivity index is 1.38. The first-order valence-electron chi connectivity index (χ1n) is 13.2. The number of hydrogen-bond acceptors (Lipinski definition) is 6. The van der Waals surface area contributed by atoms with E-state index in [9.17, 15) is 14.4 Å². The average Bonchev–Trinajstić information content (AvgIpc) is 3.67. The van der Waals surface area contributed by atoms with Crippen molar-refractivity contribution in [2.24, 2.45) is 11.0 Å². The van der Waals surface area contributed by atoms with Gasteiger partial charge in [-0.25, -0.2) is 9.80 Å². The van der Waals surface area contributed by atoms with Crippen molar-refractivity contribution in [1.82, 2.24) is 15.2 Å². The first kappa shape index (κ1) is 25.9. The predicted octanol–water partition coefficient (Wildman–Crippen LogP) is 6.21. The third-order valence-electron chi connectivity index (χ3n) is 7.62. The maximum absolute atomic E-state index is 13.7. The van der Waals surface area contributed by atoms with Gasteiger partial charge in [-0.3, -0.25) is 14.5 Å². The summed E-state index contributed by atoms with van der Waals surface area (Å²) >= 11 is 3.30. The largest absolute Gasteiger partial charge is 0.325 e. The molecule has 1 aliphatic carbocycles. The average molecular weight is 539 g/mol. The van der Waals surface area contributed by atoms with E-state index in [1.54, 1.807) is 34.6 Å². The molecule has 4 amide bonds. The first-order chi connectivity index (χ1) is 17.9. The van der Waals surface area contributed by atoms with Crippen LogP contribution in [0.1, 0.15) is 81.0 Å². The second kappa shape index (κ2) is 10.9. The van der Waals surface area contributed by atoms with E-state index < -0.39 is 11.6 Å². The minimum atomic E-state index is -0.959. The van der Waals surface area contributed by atoms with E-state index in [-0.39, 0.29) is 30.3 Å². The number of unbranched alkanes of at least 4 members (excludes halogenated alkanes) is 3. The third-order valence-corrected chi connectivity index (χ3v) is 9.38. The summed E-state index contributed by atoms with van der Waals surface area (Å²) in [7, 11) is 0. The number of imide groups is 1. The Morgan fingerprint density at radius 1 is 1.19 bits per heavy atom. The molecule has 37 heavy (non-hydrogen) atoms. The van der Waals surface area contributed by atoms with Crippen molar-refractivity contribution in [3.8, 4) is 0 Å². The summed E-state index contributed by atoms with van der Waals surface area (Å²) in [5, 5.41) is 13.4. The Morgan fingerprint density at radius 3 is 2.73 bits per heavy atom. The van der Waals surface area contributed by atoms with Crippen LogP contribution in [0.25, 0.3) is 6.08 Å². The van der Waals surface area contributed by atoms with Crippen LogP contribution in [0.3, 0.4) is 0 Å². The zero-order valence-corrected chi connectivity index (χ0v) is 23.1. The highest BCUT2D eigenvalue weighted by Gasteiger charge is 2.50. The molecule has 0 aromatic carbocycles. The Labute approximate surface area is 226 Å². The van der Waals surface area contributed by atoms with E-state index in [4.69, 9.17) is 5.10 Å². The van der Waals surface area contributed by atoms with Gasteiger partial charge in [0, 0.05) is 15.7 Å². The van der Waals surface area contributed by atoms with Crippen molar-refractivity contribution in [2.45, 2.75) is 76.8 Å². The van der Waals surface area contributed by atoms with Crippen molar-refractivity contribution in [2.75, 3.05) is 6.54 Å². The fourth-order valence-electron chi connectivity index (χ4n) is 5.66. The quantitative estimate of drug-likeness (QED) is 0.304. The summed E-state index contributed by atoms with van der Waals surface area (Å²) < 4.78 is 0. The molecule has 0 radical (unpaired) electrons. The molecular formula is C28H34N4O3S2. The fourth-order valence-corrected chi connectivity index (χ4v) is 7.22. The molecule has 0 unspecified atom stereocenters. The monoisotopic (exact) mass is 538 g/mol. The number of rotatable bonds is 9. The minimum Gasteiger partial charge on any atom is -0.323 e. The molecule has 0 bridgehead atoms. The number of allylic oxidation sites excluding steroid dienone is 1. The van der Waals surface area contributed by atoms with Crippen LogP contribution >= 0.6 is 22.7 Å². The third kappa shape index (κ3) is 5.16. The highest BCUT2D eigenvalue weighted by atomic mass is 32.1. The lowest BCUT2D eigenvalue weighted by molar-refractivity contribution is -0.140. The summed E-state index contributed by atoms with van der Waals surface area (Å²) in [6.07, 6.45) is 9.76. The molecular weight excluding hydrogens is 504 g/mol. The van der Waals surface area contributed by atoms with Crippen LogP contribution in [-0.2, 0) is 9.59 Å². The first-order valence-corrected chi connectivity index (χ1v) is 15.0. The molecule has 3 atom stereocenters. The highest BCUT2D eigenvalue weighted by Crippen LogP contribution is 2.45. The number of hydrogen-bond donors (Lipinski definition) is 1. The van der Waals surface area contributed by atoms with Crippen molar-refractivity contribution in [3.05, 3.63) is 50.4 Å². The van der Waals surface area contributed by atoms with E-state index in [0.29, 0.717) is 6.42 Å². The number of carbonyl (C=O) groups is 3. The zero-order chi connectivity index (χ0) is 26.0. The molecule has 2 aliphatic heterocycles. The number of thiophene rings is 2. The SMILES string of the molecule is CCCCCC[C@]1(C)NC(=O)N(CC(=O)N2N=C3/C(=C\c4cccs4)CCC[C@H]3[C@@H]2c2cccs2)C1=O. The summed E-state index contributed by atoms with van der Waals surface area (Å²) in [6.45, 7) is 3.61. The van der Waals surface area contributed by atoms with Gasteiger partial charge in [-0.2, -0.15) is 5.10 Å². The standard InChI is InChI=1S/C28H34N4O3S2/c1-3-4-5-6-14-28(2)26(34)31(27(35)29-28)18-23(33)32-25(22-13-9-16-37-22)21-12-7-10-19(24(21)30-32)17-20-11-8-15-36-20/h8-9,11,13,15-17,21,25H,3-7,10,12,14,18H2,1-2H3,(H,29,35)/b19-17-/t21-,25-,28+/m1/s1. The summed E-state index contributed by atoms with van der Waals surface area (Å²) in [5.41, 5.74) is 1.18. The molecule has 0 spiro atoms. The lowest BCUT2D eigenvalue weighted by Crippen LogP contribution is -2.45. The van der Waals surface area contributed by atoms with Crippen molar-refractivity contribution in [3.63, 3.8) is 0 Å².